The summed E-state index contributed by atoms with van der Waals surface area (Å²) in [5, 5.41) is 3.68. The average Bonchev–Trinajstić information content (AvgIpc) is 2.75. The van der Waals surface area contributed by atoms with Gasteiger partial charge in [-0.15, -0.1) is 0 Å². The Morgan fingerprint density at radius 3 is 2.94 bits per heavy atom. The van der Waals surface area contributed by atoms with Crippen molar-refractivity contribution in [3.05, 3.63) is 46.3 Å². The smallest absolute Gasteiger partial charge is 0.0414 e. The van der Waals surface area contributed by atoms with Crippen molar-refractivity contribution in [2.75, 3.05) is 13.1 Å². The molecule has 0 saturated carbocycles. The van der Waals surface area contributed by atoms with E-state index in [0.29, 0.717) is 12.6 Å². The zero-order valence-corrected chi connectivity index (χ0v) is 9.29. The monoisotopic (exact) mass is 216 g/mol. The molecule has 1 saturated heterocycles. The van der Waals surface area contributed by atoms with Gasteiger partial charge < -0.3 is 0 Å². The molecule has 1 aliphatic heterocycles. The lowest BCUT2D eigenvalue weighted by Crippen LogP contribution is -2.30. The third kappa shape index (κ3) is 2.75. The summed E-state index contributed by atoms with van der Waals surface area (Å²) < 4.78 is 0. The van der Waals surface area contributed by atoms with Crippen molar-refractivity contribution in [3.63, 3.8) is 0 Å². The summed E-state index contributed by atoms with van der Waals surface area (Å²) in [5.41, 5.74) is 9.67. The van der Waals surface area contributed by atoms with E-state index in [1.54, 1.807) is 0 Å². The zero-order valence-electron chi connectivity index (χ0n) is 9.29. The van der Waals surface area contributed by atoms with Gasteiger partial charge in [0.2, 0.25) is 0 Å². The summed E-state index contributed by atoms with van der Waals surface area (Å²) in [7, 11) is 0. The van der Waals surface area contributed by atoms with E-state index < -0.39 is 0 Å². The molecule has 0 unspecified atom stereocenters. The van der Waals surface area contributed by atoms with E-state index in [1.165, 1.54) is 12.0 Å². The van der Waals surface area contributed by atoms with Crippen LogP contribution in [0.25, 0.3) is 10.4 Å². The SMILES string of the molecule is [N-]=[N+]=NC[C@@H]1CCCN1Cc1ccccc1. The summed E-state index contributed by atoms with van der Waals surface area (Å²) in [6, 6.07) is 10.9. The van der Waals surface area contributed by atoms with Gasteiger partial charge in [0.15, 0.2) is 0 Å². The summed E-state index contributed by atoms with van der Waals surface area (Å²) in [4.78, 5) is 5.25. The molecule has 0 radical (unpaired) electrons. The fourth-order valence-electron chi connectivity index (χ4n) is 2.26. The molecule has 0 amide bonds. The second kappa shape index (κ2) is 5.54. The molecule has 16 heavy (non-hydrogen) atoms. The molecule has 0 N–H and O–H groups in total. The lowest BCUT2D eigenvalue weighted by atomic mass is 10.2. The Balaban J connectivity index is 1.95. The van der Waals surface area contributed by atoms with Gasteiger partial charge in [0, 0.05) is 24.0 Å². The van der Waals surface area contributed by atoms with Crippen molar-refractivity contribution >= 4 is 0 Å². The third-order valence-electron chi connectivity index (χ3n) is 3.08. The number of hydrogen-bond acceptors (Lipinski definition) is 2. The molecule has 0 aliphatic carbocycles. The molecule has 2 rings (SSSR count). The number of nitrogens with zero attached hydrogens (tertiary/aromatic N) is 4. The van der Waals surface area contributed by atoms with E-state index in [2.05, 4.69) is 39.2 Å². The first-order chi connectivity index (χ1) is 7.90. The predicted octanol–water partition coefficient (Wildman–Crippen LogP) is 2.96. The van der Waals surface area contributed by atoms with E-state index in [0.717, 1.165) is 19.5 Å². The van der Waals surface area contributed by atoms with E-state index in [9.17, 15) is 0 Å². The van der Waals surface area contributed by atoms with Gasteiger partial charge in [-0.2, -0.15) is 0 Å². The van der Waals surface area contributed by atoms with Gasteiger partial charge in [-0.3, -0.25) is 4.90 Å². The predicted molar refractivity (Wildman–Crippen MR) is 63.9 cm³/mol. The van der Waals surface area contributed by atoms with Crippen LogP contribution < -0.4 is 0 Å². The number of azide groups is 1. The topological polar surface area (TPSA) is 52.0 Å². The highest BCUT2D eigenvalue weighted by atomic mass is 15.2. The number of likely N-dealkylation sites (tertiary alicyclic amines) is 1. The molecule has 4 heteroatoms. The summed E-state index contributed by atoms with van der Waals surface area (Å²) in [5.74, 6) is 0. The molecule has 4 nitrogen and oxygen atoms in total. The van der Waals surface area contributed by atoms with Crippen LogP contribution >= 0.6 is 0 Å². The minimum Gasteiger partial charge on any atom is -0.296 e. The van der Waals surface area contributed by atoms with Crippen molar-refractivity contribution in [1.82, 2.24) is 4.90 Å². The fourth-order valence-corrected chi connectivity index (χ4v) is 2.26. The first kappa shape index (κ1) is 11.0. The van der Waals surface area contributed by atoms with Crippen molar-refractivity contribution in [2.24, 2.45) is 5.11 Å². The van der Waals surface area contributed by atoms with Crippen LogP contribution in [0.15, 0.2) is 35.4 Å². The normalized spacial score (nSPS) is 20.6. The average molecular weight is 216 g/mol. The van der Waals surface area contributed by atoms with E-state index in [4.69, 9.17) is 5.53 Å². The maximum Gasteiger partial charge on any atom is 0.0414 e. The van der Waals surface area contributed by atoms with Crippen molar-refractivity contribution in [2.45, 2.75) is 25.4 Å². The molecular formula is C12H16N4. The molecule has 84 valence electrons. The van der Waals surface area contributed by atoms with Crippen LogP contribution in [0.3, 0.4) is 0 Å². The Bertz CT molecular complexity index is 370. The quantitative estimate of drug-likeness (QED) is 0.433. The molecular weight excluding hydrogens is 200 g/mol. The minimum atomic E-state index is 0.427. The molecule has 1 aliphatic rings. The number of rotatable bonds is 4. The second-order valence-corrected chi connectivity index (χ2v) is 4.17. The van der Waals surface area contributed by atoms with E-state index >= 15 is 0 Å². The maximum atomic E-state index is 8.34. The lowest BCUT2D eigenvalue weighted by Gasteiger charge is -2.22. The van der Waals surface area contributed by atoms with E-state index in [-0.39, 0.29) is 0 Å². The van der Waals surface area contributed by atoms with Gasteiger partial charge in [-0.25, -0.2) is 0 Å². The Morgan fingerprint density at radius 1 is 1.38 bits per heavy atom. The summed E-state index contributed by atoms with van der Waals surface area (Å²) in [6.07, 6.45) is 2.35. The number of benzene rings is 1. The maximum absolute atomic E-state index is 8.34. The zero-order chi connectivity index (χ0) is 11.2. The van der Waals surface area contributed by atoms with Gasteiger partial charge >= 0.3 is 0 Å². The molecule has 0 aromatic heterocycles. The second-order valence-electron chi connectivity index (χ2n) is 4.17. The minimum absolute atomic E-state index is 0.427. The third-order valence-corrected chi connectivity index (χ3v) is 3.08. The van der Waals surface area contributed by atoms with Crippen molar-refractivity contribution < 1.29 is 0 Å². The van der Waals surface area contributed by atoms with Crippen LogP contribution in [0.4, 0.5) is 0 Å². The Hall–Kier alpha value is -1.51. The Morgan fingerprint density at radius 2 is 2.19 bits per heavy atom. The standard InChI is InChI=1S/C12H16N4/c13-15-14-9-12-7-4-8-16(12)10-11-5-2-1-3-6-11/h1-3,5-6,12H,4,7-10H2/t12-/m0/s1. The van der Waals surface area contributed by atoms with Crippen LogP contribution in [0.5, 0.6) is 0 Å². The molecule has 1 heterocycles. The summed E-state index contributed by atoms with van der Waals surface area (Å²) in [6.45, 7) is 2.68. The number of hydrogen-bond donors (Lipinski definition) is 0. The highest BCUT2D eigenvalue weighted by Crippen LogP contribution is 2.20. The largest absolute Gasteiger partial charge is 0.296 e. The molecule has 1 atom stereocenters. The molecule has 0 bridgehead atoms. The van der Waals surface area contributed by atoms with Gasteiger partial charge in [0.05, 0.1) is 0 Å². The van der Waals surface area contributed by atoms with Gasteiger partial charge in [0.25, 0.3) is 0 Å². The molecule has 1 aromatic rings. The Labute approximate surface area is 95.5 Å². The molecule has 1 aromatic carbocycles. The molecule has 1 fully saturated rings. The first-order valence-electron chi connectivity index (χ1n) is 5.69. The Kier molecular flexibility index (Phi) is 3.81. The van der Waals surface area contributed by atoms with Crippen LogP contribution in [-0.2, 0) is 6.54 Å². The first-order valence-corrected chi connectivity index (χ1v) is 5.69. The summed E-state index contributed by atoms with van der Waals surface area (Å²) >= 11 is 0. The van der Waals surface area contributed by atoms with Gasteiger partial charge in [-0.1, -0.05) is 35.4 Å². The fraction of sp³-hybridized carbons (Fsp3) is 0.500. The van der Waals surface area contributed by atoms with Crippen LogP contribution in [-0.4, -0.2) is 24.0 Å². The van der Waals surface area contributed by atoms with Crippen LogP contribution in [0.1, 0.15) is 18.4 Å². The highest BCUT2D eigenvalue weighted by molar-refractivity contribution is 5.14. The molecule has 0 spiro atoms. The van der Waals surface area contributed by atoms with E-state index in [1.807, 2.05) is 6.07 Å². The van der Waals surface area contributed by atoms with Crippen molar-refractivity contribution in [3.8, 4) is 0 Å². The van der Waals surface area contributed by atoms with Gasteiger partial charge in [0.1, 0.15) is 0 Å². The van der Waals surface area contributed by atoms with Gasteiger partial charge in [-0.05, 0) is 30.5 Å². The van der Waals surface area contributed by atoms with Crippen molar-refractivity contribution in [1.29, 1.82) is 0 Å². The van der Waals surface area contributed by atoms with Crippen LogP contribution in [0.2, 0.25) is 0 Å². The van der Waals surface area contributed by atoms with Crippen LogP contribution in [0, 0.1) is 0 Å². The highest BCUT2D eigenvalue weighted by Gasteiger charge is 2.23. The lowest BCUT2D eigenvalue weighted by molar-refractivity contribution is 0.250.